The Kier molecular flexibility index (Phi) is 2.67. The Balaban J connectivity index is 2.98. The van der Waals surface area contributed by atoms with Gasteiger partial charge in [-0.2, -0.15) is 0 Å². The first-order valence-corrected chi connectivity index (χ1v) is 4.15. The fraction of sp³-hybridized carbons (Fsp3) is 0.222. The summed E-state index contributed by atoms with van der Waals surface area (Å²) in [5.74, 6) is 0. The van der Waals surface area contributed by atoms with Crippen molar-refractivity contribution in [1.82, 2.24) is 0 Å². The molecule has 0 radical (unpaired) electrons. The summed E-state index contributed by atoms with van der Waals surface area (Å²) < 4.78 is 1.03. The van der Waals surface area contributed by atoms with Crippen LogP contribution >= 0.6 is 15.9 Å². The van der Waals surface area contributed by atoms with Crippen molar-refractivity contribution >= 4 is 15.9 Å². The zero-order valence-corrected chi connectivity index (χ0v) is 7.80. The second kappa shape index (κ2) is 3.54. The van der Waals surface area contributed by atoms with Crippen LogP contribution in [-0.2, 0) is 0 Å². The normalized spacial score (nSPS) is 12.1. The smallest absolute Gasteiger partial charge is 0.246 e. The molecule has 0 saturated heterocycles. The number of benzene rings is 1. The van der Waals surface area contributed by atoms with Gasteiger partial charge < -0.3 is 4.85 Å². The third kappa shape index (κ3) is 2.06. The van der Waals surface area contributed by atoms with Crippen LogP contribution in [0.25, 0.3) is 4.85 Å². The van der Waals surface area contributed by atoms with E-state index in [-0.39, 0.29) is 6.04 Å². The third-order valence-electron chi connectivity index (χ3n) is 1.52. The fourth-order valence-corrected chi connectivity index (χ4v) is 1.26. The Morgan fingerprint density at radius 1 is 1.55 bits per heavy atom. The lowest BCUT2D eigenvalue weighted by Gasteiger charge is -1.98. The van der Waals surface area contributed by atoms with Crippen molar-refractivity contribution in [2.45, 2.75) is 13.0 Å². The lowest BCUT2D eigenvalue weighted by Crippen LogP contribution is -1.85. The van der Waals surface area contributed by atoms with E-state index in [1.54, 1.807) is 0 Å². The Morgan fingerprint density at radius 3 is 2.82 bits per heavy atom. The van der Waals surface area contributed by atoms with E-state index < -0.39 is 0 Å². The van der Waals surface area contributed by atoms with E-state index in [9.17, 15) is 0 Å². The van der Waals surface area contributed by atoms with Gasteiger partial charge in [-0.1, -0.05) is 28.1 Å². The topological polar surface area (TPSA) is 4.36 Å². The largest absolute Gasteiger partial charge is 0.309 e. The van der Waals surface area contributed by atoms with Gasteiger partial charge in [0.15, 0.2) is 0 Å². The molecule has 56 valence electrons. The second-order valence-corrected chi connectivity index (χ2v) is 3.28. The lowest BCUT2D eigenvalue weighted by molar-refractivity contribution is 0.960. The molecule has 1 aromatic carbocycles. The molecule has 1 nitrogen and oxygen atoms in total. The number of rotatable bonds is 1. The molecule has 0 N–H and O–H groups in total. The van der Waals surface area contributed by atoms with E-state index in [2.05, 4.69) is 20.8 Å². The van der Waals surface area contributed by atoms with Gasteiger partial charge in [0.1, 0.15) is 0 Å². The summed E-state index contributed by atoms with van der Waals surface area (Å²) in [6.07, 6.45) is 0. The highest BCUT2D eigenvalue weighted by Crippen LogP contribution is 2.20. The van der Waals surface area contributed by atoms with Crippen LogP contribution in [0.1, 0.15) is 18.5 Å². The molecule has 0 saturated carbocycles. The third-order valence-corrected chi connectivity index (χ3v) is 2.02. The molecular formula is C9H8BrN. The van der Waals surface area contributed by atoms with E-state index in [4.69, 9.17) is 6.57 Å². The van der Waals surface area contributed by atoms with Crippen LogP contribution in [0.15, 0.2) is 28.7 Å². The second-order valence-electron chi connectivity index (χ2n) is 2.36. The molecule has 0 aromatic heterocycles. The predicted octanol–water partition coefficient (Wildman–Crippen LogP) is 3.43. The van der Waals surface area contributed by atoms with Gasteiger partial charge in [-0.3, -0.25) is 0 Å². The van der Waals surface area contributed by atoms with Crippen LogP contribution in [0.5, 0.6) is 0 Å². The molecule has 0 heterocycles. The van der Waals surface area contributed by atoms with E-state index >= 15 is 0 Å². The summed E-state index contributed by atoms with van der Waals surface area (Å²) in [7, 11) is 0. The first kappa shape index (κ1) is 8.29. The highest BCUT2D eigenvalue weighted by atomic mass is 79.9. The molecule has 0 amide bonds. The Morgan fingerprint density at radius 2 is 2.27 bits per heavy atom. The number of hydrogen-bond donors (Lipinski definition) is 0. The van der Waals surface area contributed by atoms with Gasteiger partial charge in [0.05, 0.1) is 0 Å². The molecule has 0 aliphatic rings. The van der Waals surface area contributed by atoms with Crippen molar-refractivity contribution in [2.75, 3.05) is 0 Å². The molecule has 1 atom stereocenters. The van der Waals surface area contributed by atoms with Crippen LogP contribution < -0.4 is 0 Å². The minimum Gasteiger partial charge on any atom is -0.309 e. The van der Waals surface area contributed by atoms with Crippen molar-refractivity contribution in [3.8, 4) is 0 Å². The summed E-state index contributed by atoms with van der Waals surface area (Å²) in [5, 5.41) is 0. The van der Waals surface area contributed by atoms with Gasteiger partial charge >= 0.3 is 0 Å². The van der Waals surface area contributed by atoms with Crippen molar-refractivity contribution in [3.05, 3.63) is 45.7 Å². The van der Waals surface area contributed by atoms with Gasteiger partial charge in [-0.05, 0) is 12.1 Å². The van der Waals surface area contributed by atoms with Crippen molar-refractivity contribution in [1.29, 1.82) is 0 Å². The summed E-state index contributed by atoms with van der Waals surface area (Å²) >= 11 is 3.36. The average molecular weight is 210 g/mol. The van der Waals surface area contributed by atoms with Crippen molar-refractivity contribution in [2.24, 2.45) is 0 Å². The number of halogens is 1. The minimum absolute atomic E-state index is 0.0347. The van der Waals surface area contributed by atoms with Gasteiger partial charge in [0, 0.05) is 17.0 Å². The molecule has 0 spiro atoms. The highest BCUT2D eigenvalue weighted by molar-refractivity contribution is 9.10. The standard InChI is InChI=1S/C9H8BrN/c1-7(11-2)8-4-3-5-9(10)6-8/h3-7H,1H3. The fourth-order valence-electron chi connectivity index (χ4n) is 0.841. The Bertz CT molecular complexity index is 288. The summed E-state index contributed by atoms with van der Waals surface area (Å²) in [6.45, 7) is 8.72. The maximum Gasteiger partial charge on any atom is 0.246 e. The van der Waals surface area contributed by atoms with Crippen LogP contribution in [-0.4, -0.2) is 0 Å². The zero-order chi connectivity index (χ0) is 8.27. The summed E-state index contributed by atoms with van der Waals surface area (Å²) in [4.78, 5) is 3.43. The van der Waals surface area contributed by atoms with Crippen molar-refractivity contribution in [3.63, 3.8) is 0 Å². The first-order chi connectivity index (χ1) is 5.24. The SMILES string of the molecule is [C-]#[N+]C(C)c1cccc(Br)c1. The molecule has 1 unspecified atom stereocenters. The molecular weight excluding hydrogens is 202 g/mol. The van der Waals surface area contributed by atoms with E-state index in [1.165, 1.54) is 0 Å². The molecule has 1 aromatic rings. The molecule has 1 rings (SSSR count). The maximum absolute atomic E-state index is 6.83. The van der Waals surface area contributed by atoms with Crippen LogP contribution in [0.2, 0.25) is 0 Å². The van der Waals surface area contributed by atoms with Gasteiger partial charge in [-0.15, -0.1) is 0 Å². The maximum atomic E-state index is 6.83. The van der Waals surface area contributed by atoms with Crippen molar-refractivity contribution < 1.29 is 0 Å². The monoisotopic (exact) mass is 209 g/mol. The lowest BCUT2D eigenvalue weighted by atomic mass is 10.1. The highest BCUT2D eigenvalue weighted by Gasteiger charge is 2.06. The van der Waals surface area contributed by atoms with Gasteiger partial charge in [0.25, 0.3) is 0 Å². The Labute approximate surface area is 75.0 Å². The average Bonchev–Trinajstić information content (AvgIpc) is 2.03. The molecule has 11 heavy (non-hydrogen) atoms. The van der Waals surface area contributed by atoms with Crippen LogP contribution in [0.4, 0.5) is 0 Å². The zero-order valence-electron chi connectivity index (χ0n) is 6.21. The molecule has 0 aliphatic heterocycles. The molecule has 0 bridgehead atoms. The van der Waals surface area contributed by atoms with E-state index in [1.807, 2.05) is 31.2 Å². The predicted molar refractivity (Wildman–Crippen MR) is 49.2 cm³/mol. The molecule has 0 fully saturated rings. The Hall–Kier alpha value is -0.810. The van der Waals surface area contributed by atoms with Gasteiger partial charge in [-0.25, -0.2) is 6.57 Å². The summed E-state index contributed by atoms with van der Waals surface area (Å²) in [6, 6.07) is 7.81. The van der Waals surface area contributed by atoms with E-state index in [0.717, 1.165) is 10.0 Å². The quantitative estimate of drug-likeness (QED) is 0.625. The number of nitrogens with zero attached hydrogens (tertiary/aromatic N) is 1. The first-order valence-electron chi connectivity index (χ1n) is 3.36. The number of hydrogen-bond acceptors (Lipinski definition) is 0. The molecule has 2 heteroatoms. The minimum atomic E-state index is -0.0347. The van der Waals surface area contributed by atoms with E-state index in [0.29, 0.717) is 0 Å². The van der Waals surface area contributed by atoms with Gasteiger partial charge in [0.2, 0.25) is 6.04 Å². The molecule has 0 aliphatic carbocycles. The van der Waals surface area contributed by atoms with Crippen LogP contribution in [0.3, 0.4) is 0 Å². The van der Waals surface area contributed by atoms with Crippen LogP contribution in [0, 0.1) is 6.57 Å². The summed E-state index contributed by atoms with van der Waals surface area (Å²) in [5.41, 5.74) is 1.06.